The fraction of sp³-hybridized carbons (Fsp3) is 0.368. The smallest absolute Gasteiger partial charge is 0.304 e. The number of anilines is 3. The molecule has 0 amide bonds. The molecular weight excluding hydrogens is 457 g/mol. The molecule has 0 atom stereocenters. The van der Waals surface area contributed by atoms with Gasteiger partial charge in [-0.2, -0.15) is 8.42 Å². The highest BCUT2D eigenvalue weighted by atomic mass is 35.5. The summed E-state index contributed by atoms with van der Waals surface area (Å²) in [5, 5.41) is 0. The van der Waals surface area contributed by atoms with E-state index in [4.69, 9.17) is 0 Å². The van der Waals surface area contributed by atoms with Crippen LogP contribution in [0.1, 0.15) is 0 Å². The molecule has 6 nitrogen and oxygen atoms in total. The number of halogens is 4. The lowest BCUT2D eigenvalue weighted by Crippen LogP contribution is -2.48. The lowest BCUT2D eigenvalue weighted by Gasteiger charge is -2.33. The van der Waals surface area contributed by atoms with Crippen LogP contribution in [0.15, 0.2) is 42.5 Å². The minimum atomic E-state index is -4.02. The van der Waals surface area contributed by atoms with Gasteiger partial charge < -0.3 is 4.90 Å². The van der Waals surface area contributed by atoms with Crippen molar-refractivity contribution in [2.75, 3.05) is 54.9 Å². The molecule has 2 aromatic carbocycles. The third kappa shape index (κ3) is 4.50. The van der Waals surface area contributed by atoms with Gasteiger partial charge >= 0.3 is 10.2 Å². The first-order valence-corrected chi connectivity index (χ1v) is 10.6. The van der Waals surface area contributed by atoms with Gasteiger partial charge in [-0.3, -0.25) is 4.90 Å². The molecule has 0 radical (unpaired) electrons. The van der Waals surface area contributed by atoms with E-state index < -0.39 is 21.8 Å². The molecule has 2 aliphatic rings. The highest BCUT2D eigenvalue weighted by Gasteiger charge is 2.42. The minimum absolute atomic E-state index is 0. The minimum Gasteiger partial charge on any atom is -0.304 e. The van der Waals surface area contributed by atoms with Crippen LogP contribution in [0.5, 0.6) is 0 Å². The normalized spacial score (nSPS) is 18.5. The number of likely N-dealkylation sites (N-methyl/N-ethyl adjacent to an activating group) is 1. The van der Waals surface area contributed by atoms with Crippen molar-refractivity contribution in [3.8, 4) is 0 Å². The van der Waals surface area contributed by atoms with Crippen LogP contribution in [0.2, 0.25) is 0 Å². The molecular formula is C19H24Cl2F2N4O2S. The van der Waals surface area contributed by atoms with Crippen molar-refractivity contribution in [1.29, 1.82) is 0 Å². The Labute approximate surface area is 188 Å². The maximum absolute atomic E-state index is 14.4. The number of rotatable bonds is 4. The molecule has 30 heavy (non-hydrogen) atoms. The SMILES string of the molecule is CN1CCN(CCN2c3ccccc3N(c3ccc(F)cc3F)S2(=O)=O)CC1.Cl.Cl. The first-order valence-electron chi connectivity index (χ1n) is 9.16. The Morgan fingerprint density at radius 1 is 0.867 bits per heavy atom. The number of hydrogen-bond donors (Lipinski definition) is 0. The van der Waals surface area contributed by atoms with Gasteiger partial charge in [0.25, 0.3) is 0 Å². The Morgan fingerprint density at radius 3 is 2.13 bits per heavy atom. The number of nitrogens with zero attached hydrogens (tertiary/aromatic N) is 4. The average molecular weight is 481 g/mol. The van der Waals surface area contributed by atoms with Crippen molar-refractivity contribution in [3.05, 3.63) is 54.1 Å². The van der Waals surface area contributed by atoms with Crippen LogP contribution >= 0.6 is 24.8 Å². The second-order valence-electron chi connectivity index (χ2n) is 7.07. The number of para-hydroxylation sites is 2. The van der Waals surface area contributed by atoms with Crippen molar-refractivity contribution in [1.82, 2.24) is 9.80 Å². The summed E-state index contributed by atoms with van der Waals surface area (Å²) in [6, 6.07) is 9.70. The number of fused-ring (bicyclic) bond motifs is 1. The van der Waals surface area contributed by atoms with Crippen LogP contribution in [0.25, 0.3) is 0 Å². The van der Waals surface area contributed by atoms with Gasteiger partial charge in [0.1, 0.15) is 5.82 Å². The van der Waals surface area contributed by atoms with Gasteiger partial charge in [-0.1, -0.05) is 12.1 Å². The second-order valence-corrected chi connectivity index (χ2v) is 8.78. The van der Waals surface area contributed by atoms with Crippen molar-refractivity contribution >= 4 is 52.1 Å². The van der Waals surface area contributed by atoms with Gasteiger partial charge in [0.05, 0.1) is 17.1 Å². The Balaban J connectivity index is 0.00000160. The summed E-state index contributed by atoms with van der Waals surface area (Å²) < 4.78 is 56.6. The lowest BCUT2D eigenvalue weighted by atomic mass is 10.2. The summed E-state index contributed by atoms with van der Waals surface area (Å²) in [5.74, 6) is -1.67. The van der Waals surface area contributed by atoms with Crippen LogP contribution < -0.4 is 8.61 Å². The third-order valence-electron chi connectivity index (χ3n) is 5.22. The molecule has 4 rings (SSSR count). The zero-order valence-corrected chi connectivity index (χ0v) is 18.8. The molecule has 0 unspecified atom stereocenters. The van der Waals surface area contributed by atoms with E-state index in [2.05, 4.69) is 16.8 Å². The molecule has 1 saturated heterocycles. The van der Waals surface area contributed by atoms with Gasteiger partial charge in [0, 0.05) is 45.3 Å². The summed E-state index contributed by atoms with van der Waals surface area (Å²) in [7, 11) is -1.96. The standard InChI is InChI=1S/C19H22F2N4O2S.2ClH/c1-22-8-10-23(11-9-22)12-13-24-18-4-2-3-5-19(18)25(28(24,26)27)17-7-6-15(20)14-16(17)21;;/h2-7,14H,8-13H2,1H3;2*1H. The zero-order valence-electron chi connectivity index (χ0n) is 16.4. The van der Waals surface area contributed by atoms with Crippen LogP contribution in [-0.2, 0) is 10.2 Å². The van der Waals surface area contributed by atoms with E-state index in [9.17, 15) is 17.2 Å². The van der Waals surface area contributed by atoms with Crippen LogP contribution in [0.3, 0.4) is 0 Å². The molecule has 0 bridgehead atoms. The van der Waals surface area contributed by atoms with E-state index in [1.165, 1.54) is 4.31 Å². The maximum atomic E-state index is 14.4. The van der Waals surface area contributed by atoms with E-state index in [1.807, 2.05) is 0 Å². The Bertz CT molecular complexity index is 988. The molecule has 11 heteroatoms. The van der Waals surface area contributed by atoms with Crippen molar-refractivity contribution < 1.29 is 17.2 Å². The topological polar surface area (TPSA) is 47.1 Å². The van der Waals surface area contributed by atoms with Crippen LogP contribution in [0.4, 0.5) is 25.8 Å². The Kier molecular flexibility index (Phi) is 7.92. The average Bonchev–Trinajstić information content (AvgIpc) is 2.88. The maximum Gasteiger partial charge on any atom is 0.331 e. The predicted molar refractivity (Wildman–Crippen MR) is 120 cm³/mol. The highest BCUT2D eigenvalue weighted by molar-refractivity contribution is 7.95. The van der Waals surface area contributed by atoms with Gasteiger partial charge in [-0.15, -0.1) is 24.8 Å². The van der Waals surface area contributed by atoms with E-state index >= 15 is 0 Å². The van der Waals surface area contributed by atoms with Gasteiger partial charge in [-0.25, -0.2) is 17.4 Å². The van der Waals surface area contributed by atoms with Crippen molar-refractivity contribution in [3.63, 3.8) is 0 Å². The number of hydrogen-bond acceptors (Lipinski definition) is 4. The van der Waals surface area contributed by atoms with E-state index in [0.717, 1.165) is 42.6 Å². The van der Waals surface area contributed by atoms with Crippen molar-refractivity contribution in [2.24, 2.45) is 0 Å². The van der Waals surface area contributed by atoms with E-state index in [0.29, 0.717) is 24.0 Å². The molecule has 0 aromatic heterocycles. The fourth-order valence-electron chi connectivity index (χ4n) is 3.63. The largest absolute Gasteiger partial charge is 0.331 e. The summed E-state index contributed by atoms with van der Waals surface area (Å²) in [6.07, 6.45) is 0. The van der Waals surface area contributed by atoms with E-state index in [-0.39, 0.29) is 37.0 Å². The molecule has 0 aliphatic carbocycles. The Hall–Kier alpha value is -1.65. The quantitative estimate of drug-likeness (QED) is 0.673. The molecule has 1 fully saturated rings. The first-order chi connectivity index (χ1) is 13.4. The molecule has 2 aliphatic heterocycles. The number of benzene rings is 2. The summed E-state index contributed by atoms with van der Waals surface area (Å²) >= 11 is 0. The van der Waals surface area contributed by atoms with Crippen molar-refractivity contribution in [2.45, 2.75) is 0 Å². The zero-order chi connectivity index (χ0) is 19.9. The van der Waals surface area contributed by atoms with Gasteiger partial charge in [-0.05, 0) is 31.3 Å². The van der Waals surface area contributed by atoms with E-state index in [1.54, 1.807) is 24.3 Å². The highest BCUT2D eigenvalue weighted by Crippen LogP contribution is 2.45. The number of piperazine rings is 1. The molecule has 0 N–H and O–H groups in total. The summed E-state index contributed by atoms with van der Waals surface area (Å²) in [5.41, 5.74) is 0.683. The Morgan fingerprint density at radius 2 is 1.50 bits per heavy atom. The third-order valence-corrected chi connectivity index (χ3v) is 7.01. The lowest BCUT2D eigenvalue weighted by molar-refractivity contribution is 0.158. The molecule has 166 valence electrons. The second kappa shape index (κ2) is 9.65. The fourth-order valence-corrected chi connectivity index (χ4v) is 5.35. The predicted octanol–water partition coefficient (Wildman–Crippen LogP) is 3.26. The molecule has 0 spiro atoms. The van der Waals surface area contributed by atoms with Gasteiger partial charge in [0.15, 0.2) is 5.82 Å². The molecule has 2 aromatic rings. The summed E-state index contributed by atoms with van der Waals surface area (Å²) in [4.78, 5) is 4.46. The van der Waals surface area contributed by atoms with Crippen LogP contribution in [-0.4, -0.2) is 64.5 Å². The first kappa shape index (κ1) is 24.6. The monoisotopic (exact) mass is 480 g/mol. The van der Waals surface area contributed by atoms with Crippen LogP contribution in [0, 0.1) is 11.6 Å². The summed E-state index contributed by atoms with van der Waals surface area (Å²) in [6.45, 7) is 4.49. The molecule has 0 saturated carbocycles. The molecule has 2 heterocycles. The van der Waals surface area contributed by atoms with Gasteiger partial charge in [0.2, 0.25) is 0 Å².